The summed E-state index contributed by atoms with van der Waals surface area (Å²) in [6, 6.07) is 9.77. The van der Waals surface area contributed by atoms with Crippen molar-refractivity contribution in [3.05, 3.63) is 57.2 Å². The number of ether oxygens (including phenoxy) is 1. The van der Waals surface area contributed by atoms with Gasteiger partial charge in [0.05, 0.1) is 18.2 Å². The van der Waals surface area contributed by atoms with Gasteiger partial charge < -0.3 is 4.74 Å². The molecule has 0 unspecified atom stereocenters. The highest BCUT2D eigenvalue weighted by molar-refractivity contribution is 14.1. The van der Waals surface area contributed by atoms with E-state index < -0.39 is 17.7 Å². The predicted molar refractivity (Wildman–Crippen MR) is 80.9 cm³/mol. The Hall–Kier alpha value is -1.57. The molecule has 0 aliphatic heterocycles. The van der Waals surface area contributed by atoms with Crippen molar-refractivity contribution in [1.29, 1.82) is 0 Å². The lowest BCUT2D eigenvalue weighted by Gasteiger charge is -2.10. The molecule has 0 atom stereocenters. The summed E-state index contributed by atoms with van der Waals surface area (Å²) in [7, 11) is 1.28. The number of alkyl halides is 3. The van der Waals surface area contributed by atoms with E-state index in [-0.39, 0.29) is 0 Å². The standard InChI is InChI=1S/C15H10F3IO2/c1-21-14(20)10-4-7-13(19)12(8-10)9-2-5-11(6-3-9)15(16,17)18/h2-8H,1H3. The molecule has 0 aromatic heterocycles. The summed E-state index contributed by atoms with van der Waals surface area (Å²) >= 11 is 2.07. The number of hydrogen-bond donors (Lipinski definition) is 0. The number of rotatable bonds is 2. The van der Waals surface area contributed by atoms with Crippen LogP contribution in [-0.4, -0.2) is 13.1 Å². The van der Waals surface area contributed by atoms with Gasteiger partial charge in [-0.1, -0.05) is 12.1 Å². The van der Waals surface area contributed by atoms with Gasteiger partial charge in [0.1, 0.15) is 0 Å². The fraction of sp³-hybridized carbons (Fsp3) is 0.133. The second-order valence-corrected chi connectivity index (χ2v) is 5.42. The highest BCUT2D eigenvalue weighted by Gasteiger charge is 2.30. The molecule has 110 valence electrons. The molecule has 0 saturated carbocycles. The smallest absolute Gasteiger partial charge is 0.416 e. The fourth-order valence-electron chi connectivity index (χ4n) is 1.83. The highest BCUT2D eigenvalue weighted by Crippen LogP contribution is 2.32. The second-order valence-electron chi connectivity index (χ2n) is 4.26. The minimum Gasteiger partial charge on any atom is -0.465 e. The molecular weight excluding hydrogens is 396 g/mol. The molecule has 0 fully saturated rings. The van der Waals surface area contributed by atoms with E-state index in [9.17, 15) is 18.0 Å². The van der Waals surface area contributed by atoms with E-state index in [0.29, 0.717) is 16.7 Å². The first-order valence-corrected chi connectivity index (χ1v) is 6.96. The predicted octanol–water partition coefficient (Wildman–Crippen LogP) is 4.76. The van der Waals surface area contributed by atoms with Crippen molar-refractivity contribution in [2.45, 2.75) is 6.18 Å². The molecule has 6 heteroatoms. The average Bonchev–Trinajstić information content (AvgIpc) is 2.46. The lowest BCUT2D eigenvalue weighted by molar-refractivity contribution is -0.137. The quantitative estimate of drug-likeness (QED) is 0.531. The van der Waals surface area contributed by atoms with E-state index in [1.807, 2.05) is 0 Å². The summed E-state index contributed by atoms with van der Waals surface area (Å²) in [5.41, 5.74) is 0.948. The Morgan fingerprint density at radius 2 is 1.71 bits per heavy atom. The molecule has 0 N–H and O–H groups in total. The van der Waals surface area contributed by atoms with Gasteiger partial charge in [0.25, 0.3) is 0 Å². The van der Waals surface area contributed by atoms with Crippen LogP contribution in [0.15, 0.2) is 42.5 Å². The second kappa shape index (κ2) is 6.05. The lowest BCUT2D eigenvalue weighted by Crippen LogP contribution is -2.04. The topological polar surface area (TPSA) is 26.3 Å². The average molecular weight is 406 g/mol. The molecule has 2 nitrogen and oxygen atoms in total. The molecule has 0 aliphatic rings. The van der Waals surface area contributed by atoms with E-state index in [1.165, 1.54) is 19.2 Å². The Labute approximate surface area is 133 Å². The van der Waals surface area contributed by atoms with E-state index in [2.05, 4.69) is 27.3 Å². The molecule has 0 bridgehead atoms. The van der Waals surface area contributed by atoms with E-state index >= 15 is 0 Å². The summed E-state index contributed by atoms with van der Waals surface area (Å²) in [5.74, 6) is -0.487. The van der Waals surface area contributed by atoms with Crippen molar-refractivity contribution in [2.24, 2.45) is 0 Å². The van der Waals surface area contributed by atoms with Crippen molar-refractivity contribution in [3.63, 3.8) is 0 Å². The van der Waals surface area contributed by atoms with Crippen LogP contribution in [-0.2, 0) is 10.9 Å². The first-order chi connectivity index (χ1) is 9.82. The van der Waals surface area contributed by atoms with Crippen molar-refractivity contribution in [3.8, 4) is 11.1 Å². The first kappa shape index (κ1) is 15.8. The van der Waals surface area contributed by atoms with Crippen LogP contribution in [0, 0.1) is 3.57 Å². The molecular formula is C15H10F3IO2. The molecule has 0 saturated heterocycles. The number of carbonyl (C=O) groups is 1. The molecule has 2 aromatic rings. The van der Waals surface area contributed by atoms with E-state index in [4.69, 9.17) is 0 Å². The van der Waals surface area contributed by atoms with Gasteiger partial charge in [0.15, 0.2) is 0 Å². The minimum atomic E-state index is -4.36. The maximum atomic E-state index is 12.6. The Morgan fingerprint density at radius 1 is 1.10 bits per heavy atom. The van der Waals surface area contributed by atoms with E-state index in [1.54, 1.807) is 18.2 Å². The minimum absolute atomic E-state index is 0.354. The van der Waals surface area contributed by atoms with Gasteiger partial charge in [-0.25, -0.2) is 4.79 Å². The summed E-state index contributed by atoms with van der Waals surface area (Å²) < 4.78 is 43.1. The van der Waals surface area contributed by atoms with E-state index in [0.717, 1.165) is 15.7 Å². The van der Waals surface area contributed by atoms with Crippen LogP contribution < -0.4 is 0 Å². The van der Waals surface area contributed by atoms with Gasteiger partial charge >= 0.3 is 12.1 Å². The van der Waals surface area contributed by atoms with Gasteiger partial charge in [-0.05, 0) is 64.0 Å². The molecule has 2 rings (SSSR count). The summed E-state index contributed by atoms with van der Waals surface area (Å²) in [4.78, 5) is 11.5. The maximum Gasteiger partial charge on any atom is 0.416 e. The zero-order valence-corrected chi connectivity index (χ0v) is 13.0. The molecule has 0 spiro atoms. The van der Waals surface area contributed by atoms with Crippen molar-refractivity contribution >= 4 is 28.6 Å². The Balaban J connectivity index is 2.44. The number of carbonyl (C=O) groups excluding carboxylic acids is 1. The van der Waals surface area contributed by atoms with Crippen LogP contribution in [0.5, 0.6) is 0 Å². The van der Waals surface area contributed by atoms with Crippen molar-refractivity contribution in [2.75, 3.05) is 7.11 Å². The maximum absolute atomic E-state index is 12.6. The van der Waals surface area contributed by atoms with Gasteiger partial charge in [-0.3, -0.25) is 0 Å². The molecule has 0 aliphatic carbocycles. The third-order valence-corrected chi connectivity index (χ3v) is 3.85. The molecule has 2 aromatic carbocycles. The Kier molecular flexibility index (Phi) is 4.55. The molecule has 0 radical (unpaired) electrons. The monoisotopic (exact) mass is 406 g/mol. The number of esters is 1. The SMILES string of the molecule is COC(=O)c1ccc(I)c(-c2ccc(C(F)(F)F)cc2)c1. The first-order valence-electron chi connectivity index (χ1n) is 5.88. The van der Waals surface area contributed by atoms with Crippen LogP contribution in [0.4, 0.5) is 13.2 Å². The summed E-state index contributed by atoms with van der Waals surface area (Å²) in [6.45, 7) is 0. The highest BCUT2D eigenvalue weighted by atomic mass is 127. The summed E-state index contributed by atoms with van der Waals surface area (Å²) in [5, 5.41) is 0. The fourth-order valence-corrected chi connectivity index (χ4v) is 2.48. The van der Waals surface area contributed by atoms with Crippen LogP contribution in [0.25, 0.3) is 11.1 Å². The van der Waals surface area contributed by atoms with Gasteiger partial charge in [0, 0.05) is 3.57 Å². The zero-order chi connectivity index (χ0) is 15.6. The van der Waals surface area contributed by atoms with Crippen LogP contribution in [0.3, 0.4) is 0 Å². The van der Waals surface area contributed by atoms with Crippen LogP contribution in [0.1, 0.15) is 15.9 Å². The number of halogens is 4. The zero-order valence-electron chi connectivity index (χ0n) is 10.9. The number of hydrogen-bond acceptors (Lipinski definition) is 2. The molecule has 0 amide bonds. The van der Waals surface area contributed by atoms with Crippen molar-refractivity contribution in [1.82, 2.24) is 0 Å². The van der Waals surface area contributed by atoms with Gasteiger partial charge in [-0.2, -0.15) is 13.2 Å². The Morgan fingerprint density at radius 3 is 2.24 bits per heavy atom. The number of benzene rings is 2. The third kappa shape index (κ3) is 3.55. The van der Waals surface area contributed by atoms with Crippen molar-refractivity contribution < 1.29 is 22.7 Å². The van der Waals surface area contributed by atoms with Crippen LogP contribution >= 0.6 is 22.6 Å². The largest absolute Gasteiger partial charge is 0.465 e. The normalized spacial score (nSPS) is 11.3. The van der Waals surface area contributed by atoms with Gasteiger partial charge in [0.2, 0.25) is 0 Å². The van der Waals surface area contributed by atoms with Gasteiger partial charge in [-0.15, -0.1) is 0 Å². The number of methoxy groups -OCH3 is 1. The summed E-state index contributed by atoms with van der Waals surface area (Å²) in [6.07, 6.45) is -4.36. The van der Waals surface area contributed by atoms with Crippen LogP contribution in [0.2, 0.25) is 0 Å². The molecule has 21 heavy (non-hydrogen) atoms. The Bertz CT molecular complexity index is 664. The molecule has 0 heterocycles. The lowest BCUT2D eigenvalue weighted by atomic mass is 10.0. The third-order valence-electron chi connectivity index (χ3n) is 2.91.